The molecule has 4 aromatic rings. The van der Waals surface area contributed by atoms with Crippen LogP contribution in [0.5, 0.6) is 0 Å². The summed E-state index contributed by atoms with van der Waals surface area (Å²) >= 11 is 0. The fourth-order valence-corrected chi connectivity index (χ4v) is 1.95. The highest BCUT2D eigenvalue weighted by molar-refractivity contribution is 6.05. The number of hydrogen-bond acceptors (Lipinski definition) is 2. The molecule has 88 valence electrons. The Bertz CT molecular complexity index is 719. The van der Waals surface area contributed by atoms with Crippen LogP contribution in [0.3, 0.4) is 0 Å². The summed E-state index contributed by atoms with van der Waals surface area (Å²) in [5.74, 6) is 0. The molecule has 0 amide bonds. The Hall–Kier alpha value is -2.48. The molecule has 0 saturated heterocycles. The predicted molar refractivity (Wildman–Crippen MR) is 72.4 cm³/mol. The minimum atomic E-state index is 0.957. The highest BCUT2D eigenvalue weighted by atomic mass is 16.3. The van der Waals surface area contributed by atoms with E-state index in [-0.39, 0.29) is 0 Å². The molecule has 0 spiro atoms. The molecule has 0 radical (unpaired) electrons. The fourth-order valence-electron chi connectivity index (χ4n) is 1.95. The maximum absolute atomic E-state index is 5.33. The first-order valence-corrected chi connectivity index (χ1v) is 5.77. The van der Waals surface area contributed by atoms with Crippen LogP contribution in [-0.4, -0.2) is 0 Å². The Labute approximate surface area is 104 Å². The zero-order valence-electron chi connectivity index (χ0n) is 9.74. The molecular weight excluding hydrogens is 224 g/mol. The van der Waals surface area contributed by atoms with Gasteiger partial charge in [-0.2, -0.15) is 0 Å². The van der Waals surface area contributed by atoms with Crippen molar-refractivity contribution in [2.75, 3.05) is 0 Å². The molecule has 4 rings (SSSR count). The lowest BCUT2D eigenvalue weighted by Gasteiger charge is -1.96. The summed E-state index contributed by atoms with van der Waals surface area (Å²) in [5.41, 5.74) is 0.957. The summed E-state index contributed by atoms with van der Waals surface area (Å²) in [6.07, 6.45) is 4.98. The third-order valence-electron chi connectivity index (χ3n) is 2.79. The lowest BCUT2D eigenvalue weighted by atomic mass is 10.1. The van der Waals surface area contributed by atoms with Crippen LogP contribution in [0.15, 0.2) is 82.2 Å². The van der Waals surface area contributed by atoms with E-state index in [1.165, 1.54) is 16.2 Å². The molecule has 0 saturated carbocycles. The SMILES string of the molecule is c1ccc2c(c1)ccc1occc12.c1ccoc1. The van der Waals surface area contributed by atoms with Gasteiger partial charge in [0, 0.05) is 5.39 Å². The third-order valence-corrected chi connectivity index (χ3v) is 2.79. The zero-order chi connectivity index (χ0) is 12.2. The number of benzene rings is 2. The Balaban J connectivity index is 0.000000169. The van der Waals surface area contributed by atoms with Gasteiger partial charge in [-0.15, -0.1) is 0 Å². The van der Waals surface area contributed by atoms with Crippen molar-refractivity contribution in [2.45, 2.75) is 0 Å². The first-order valence-electron chi connectivity index (χ1n) is 5.77. The number of fused-ring (bicyclic) bond motifs is 3. The van der Waals surface area contributed by atoms with Crippen molar-refractivity contribution in [1.82, 2.24) is 0 Å². The van der Waals surface area contributed by atoms with Crippen molar-refractivity contribution < 1.29 is 8.83 Å². The highest BCUT2D eigenvalue weighted by Gasteiger charge is 2.00. The van der Waals surface area contributed by atoms with Gasteiger partial charge in [0.1, 0.15) is 5.58 Å². The first kappa shape index (κ1) is 10.7. The monoisotopic (exact) mass is 236 g/mol. The second-order valence-electron chi connectivity index (χ2n) is 3.91. The van der Waals surface area contributed by atoms with Gasteiger partial charge in [-0.1, -0.05) is 30.3 Å². The molecule has 0 atom stereocenters. The molecule has 2 aromatic carbocycles. The Morgan fingerprint density at radius 2 is 1.44 bits per heavy atom. The molecule has 0 aliphatic rings. The molecule has 0 aliphatic carbocycles. The van der Waals surface area contributed by atoms with Crippen LogP contribution in [0.2, 0.25) is 0 Å². The van der Waals surface area contributed by atoms with Gasteiger partial charge in [0.15, 0.2) is 0 Å². The van der Waals surface area contributed by atoms with Gasteiger partial charge in [-0.3, -0.25) is 0 Å². The van der Waals surface area contributed by atoms with E-state index in [1.54, 1.807) is 18.8 Å². The van der Waals surface area contributed by atoms with E-state index in [1.807, 2.05) is 30.3 Å². The summed E-state index contributed by atoms with van der Waals surface area (Å²) in [6, 6.07) is 18.1. The van der Waals surface area contributed by atoms with Crippen LogP contribution in [-0.2, 0) is 0 Å². The average Bonchev–Trinajstić information content (AvgIpc) is 3.12. The molecule has 0 bridgehead atoms. The van der Waals surface area contributed by atoms with Gasteiger partial charge >= 0.3 is 0 Å². The quantitative estimate of drug-likeness (QED) is 0.435. The molecule has 0 fully saturated rings. The summed E-state index contributed by atoms with van der Waals surface area (Å²) in [5, 5.41) is 3.71. The smallest absolute Gasteiger partial charge is 0.134 e. The van der Waals surface area contributed by atoms with E-state index in [9.17, 15) is 0 Å². The van der Waals surface area contributed by atoms with E-state index in [0.29, 0.717) is 0 Å². The van der Waals surface area contributed by atoms with Gasteiger partial charge < -0.3 is 8.83 Å². The van der Waals surface area contributed by atoms with Crippen LogP contribution in [0.1, 0.15) is 0 Å². The van der Waals surface area contributed by atoms with Gasteiger partial charge in [0.25, 0.3) is 0 Å². The van der Waals surface area contributed by atoms with E-state index < -0.39 is 0 Å². The van der Waals surface area contributed by atoms with Crippen molar-refractivity contribution in [3.05, 3.63) is 73.4 Å². The van der Waals surface area contributed by atoms with Crippen LogP contribution >= 0.6 is 0 Å². The predicted octanol–water partition coefficient (Wildman–Crippen LogP) is 4.87. The van der Waals surface area contributed by atoms with Crippen LogP contribution in [0, 0.1) is 0 Å². The standard InChI is InChI=1S/C12H8O.C4H4O/c1-2-4-10-9(3-1)5-6-12-11(10)7-8-13-12;1-2-4-5-3-1/h1-8H;1-4H. The number of hydrogen-bond donors (Lipinski definition) is 0. The molecular formula is C16H12O2. The Morgan fingerprint density at radius 3 is 2.22 bits per heavy atom. The maximum Gasteiger partial charge on any atom is 0.134 e. The number of furan rings is 2. The molecule has 2 heteroatoms. The second-order valence-corrected chi connectivity index (χ2v) is 3.91. The van der Waals surface area contributed by atoms with Crippen molar-refractivity contribution in [3.63, 3.8) is 0 Å². The minimum absolute atomic E-state index is 0.957. The molecule has 0 aliphatic heterocycles. The first-order chi connectivity index (χ1) is 8.95. The van der Waals surface area contributed by atoms with Gasteiger partial charge in [-0.05, 0) is 35.0 Å². The van der Waals surface area contributed by atoms with E-state index in [2.05, 4.69) is 28.7 Å². The average molecular weight is 236 g/mol. The molecule has 0 unspecified atom stereocenters. The fraction of sp³-hybridized carbons (Fsp3) is 0. The van der Waals surface area contributed by atoms with Crippen molar-refractivity contribution in [2.24, 2.45) is 0 Å². The third kappa shape index (κ3) is 2.00. The van der Waals surface area contributed by atoms with Crippen LogP contribution in [0.4, 0.5) is 0 Å². The topological polar surface area (TPSA) is 26.3 Å². The molecule has 2 nitrogen and oxygen atoms in total. The molecule has 0 N–H and O–H groups in total. The minimum Gasteiger partial charge on any atom is -0.473 e. The van der Waals surface area contributed by atoms with Gasteiger partial charge in [-0.25, -0.2) is 0 Å². The molecule has 2 heterocycles. The highest BCUT2D eigenvalue weighted by Crippen LogP contribution is 2.25. The number of rotatable bonds is 0. The lowest BCUT2D eigenvalue weighted by Crippen LogP contribution is -1.71. The maximum atomic E-state index is 5.33. The Morgan fingerprint density at radius 1 is 0.611 bits per heavy atom. The van der Waals surface area contributed by atoms with E-state index in [4.69, 9.17) is 4.42 Å². The van der Waals surface area contributed by atoms with Crippen LogP contribution < -0.4 is 0 Å². The van der Waals surface area contributed by atoms with E-state index >= 15 is 0 Å². The summed E-state index contributed by atoms with van der Waals surface area (Å²) < 4.78 is 9.91. The van der Waals surface area contributed by atoms with Crippen molar-refractivity contribution >= 4 is 21.7 Å². The van der Waals surface area contributed by atoms with Crippen molar-refractivity contribution in [1.29, 1.82) is 0 Å². The molecule has 2 aromatic heterocycles. The van der Waals surface area contributed by atoms with E-state index in [0.717, 1.165) is 5.58 Å². The van der Waals surface area contributed by atoms with Crippen LogP contribution in [0.25, 0.3) is 21.7 Å². The zero-order valence-corrected chi connectivity index (χ0v) is 9.74. The van der Waals surface area contributed by atoms with Crippen molar-refractivity contribution in [3.8, 4) is 0 Å². The van der Waals surface area contributed by atoms with Gasteiger partial charge in [0.05, 0.1) is 18.8 Å². The summed E-state index contributed by atoms with van der Waals surface area (Å²) in [4.78, 5) is 0. The largest absolute Gasteiger partial charge is 0.473 e. The summed E-state index contributed by atoms with van der Waals surface area (Å²) in [6.45, 7) is 0. The lowest BCUT2D eigenvalue weighted by molar-refractivity contribution is 0.567. The van der Waals surface area contributed by atoms with Gasteiger partial charge in [0.2, 0.25) is 0 Å². The summed E-state index contributed by atoms with van der Waals surface area (Å²) in [7, 11) is 0. The normalized spacial score (nSPS) is 10.2. The second kappa shape index (κ2) is 4.80. The molecule has 18 heavy (non-hydrogen) atoms. The Kier molecular flexibility index (Phi) is 2.84.